The van der Waals surface area contributed by atoms with Crippen LogP contribution in [0.4, 0.5) is 0 Å². The Hall–Kier alpha value is -7.82. The van der Waals surface area contributed by atoms with Crippen molar-refractivity contribution in [2.75, 3.05) is 0 Å². The molecule has 0 aliphatic heterocycles. The molecule has 0 N–H and O–H groups in total. The van der Waals surface area contributed by atoms with Crippen LogP contribution in [0.25, 0.3) is 121 Å². The summed E-state index contributed by atoms with van der Waals surface area (Å²) in [6.45, 7) is 0. The molecule has 0 spiro atoms. The summed E-state index contributed by atoms with van der Waals surface area (Å²) in [6.07, 6.45) is 0. The van der Waals surface area contributed by atoms with E-state index in [1.54, 1.807) is 0 Å². The molecule has 4 heterocycles. The van der Waals surface area contributed by atoms with Gasteiger partial charge in [-0.2, -0.15) is 0 Å². The molecule has 9 aromatic carbocycles. The molecule has 13 aromatic rings. The van der Waals surface area contributed by atoms with Crippen LogP contribution in [-0.4, -0.2) is 9.13 Å². The van der Waals surface area contributed by atoms with E-state index in [1.807, 2.05) is 12.1 Å². The summed E-state index contributed by atoms with van der Waals surface area (Å²) < 4.78 is 17.4. The maximum Gasteiger partial charge on any atom is 0.135 e. The van der Waals surface area contributed by atoms with Gasteiger partial charge in [0.1, 0.15) is 22.3 Å². The molecule has 4 heteroatoms. The highest BCUT2D eigenvalue weighted by atomic mass is 16.3. The minimum Gasteiger partial charge on any atom is -0.456 e. The van der Waals surface area contributed by atoms with Crippen LogP contribution in [0.15, 0.2) is 203 Å². The van der Waals surface area contributed by atoms with E-state index in [1.165, 1.54) is 60.3 Å². The number of para-hydroxylation sites is 3. The summed E-state index contributed by atoms with van der Waals surface area (Å²) in [4.78, 5) is 0. The van der Waals surface area contributed by atoms with Gasteiger partial charge in [-0.15, -0.1) is 0 Å². The Morgan fingerprint density at radius 2 is 0.638 bits per heavy atom. The molecule has 270 valence electrons. The first-order valence-electron chi connectivity index (χ1n) is 19.7. The third kappa shape index (κ3) is 4.51. The zero-order chi connectivity index (χ0) is 37.9. The van der Waals surface area contributed by atoms with Crippen LogP contribution in [0.1, 0.15) is 0 Å². The Balaban J connectivity index is 0.966. The Morgan fingerprint density at radius 1 is 0.241 bits per heavy atom. The zero-order valence-electron chi connectivity index (χ0n) is 31.2. The van der Waals surface area contributed by atoms with Crippen molar-refractivity contribution >= 4 is 87.5 Å². The summed E-state index contributed by atoms with van der Waals surface area (Å²) in [5.74, 6) is 0. The monoisotopic (exact) mass is 740 g/mol. The second kappa shape index (κ2) is 11.8. The van der Waals surface area contributed by atoms with Crippen molar-refractivity contribution in [3.8, 4) is 33.6 Å². The van der Waals surface area contributed by atoms with Crippen molar-refractivity contribution < 1.29 is 8.83 Å². The van der Waals surface area contributed by atoms with E-state index in [-0.39, 0.29) is 0 Å². The van der Waals surface area contributed by atoms with E-state index >= 15 is 0 Å². The maximum atomic E-state index is 6.50. The van der Waals surface area contributed by atoms with Crippen LogP contribution >= 0.6 is 0 Å². The van der Waals surface area contributed by atoms with Crippen LogP contribution in [0.3, 0.4) is 0 Å². The number of fused-ring (bicyclic) bond motifs is 12. The predicted octanol–water partition coefficient (Wildman–Crippen LogP) is 15.0. The molecular weight excluding hydrogens is 709 g/mol. The second-order valence-electron chi connectivity index (χ2n) is 15.3. The molecular formula is C54H32N2O2. The molecule has 0 amide bonds. The number of benzene rings is 9. The van der Waals surface area contributed by atoms with Crippen molar-refractivity contribution in [1.29, 1.82) is 0 Å². The molecule has 4 aromatic heterocycles. The molecule has 4 nitrogen and oxygen atoms in total. The molecule has 0 saturated carbocycles. The van der Waals surface area contributed by atoms with Gasteiger partial charge in [-0.05, 0) is 113 Å². The highest BCUT2D eigenvalue weighted by Crippen LogP contribution is 2.40. The summed E-state index contributed by atoms with van der Waals surface area (Å²) in [7, 11) is 0. The quantitative estimate of drug-likeness (QED) is 0.180. The van der Waals surface area contributed by atoms with E-state index in [9.17, 15) is 0 Å². The Kier molecular flexibility index (Phi) is 6.41. The topological polar surface area (TPSA) is 36.1 Å². The molecule has 0 fully saturated rings. The lowest BCUT2D eigenvalue weighted by atomic mass is 10.0. The summed E-state index contributed by atoms with van der Waals surface area (Å²) >= 11 is 0. The Bertz CT molecular complexity index is 3800. The molecule has 13 rings (SSSR count). The summed E-state index contributed by atoms with van der Waals surface area (Å²) in [6, 6.07) is 69.7. The average molecular weight is 741 g/mol. The third-order valence-electron chi connectivity index (χ3n) is 12.1. The number of hydrogen-bond donors (Lipinski definition) is 0. The average Bonchev–Trinajstić information content (AvgIpc) is 4.03. The van der Waals surface area contributed by atoms with Gasteiger partial charge in [-0.25, -0.2) is 0 Å². The molecule has 0 aliphatic carbocycles. The maximum absolute atomic E-state index is 6.50. The standard InChI is InChI=1S/C54H32N2O2/c1-2-10-33(11-3-1)34-18-23-49-42(28-34)39-12-4-7-15-47(39)55(49)37-21-26-53-45(31-37)46-32-38(22-27-54(46)58-53)56-48-16-8-5-13-40(48)43-29-35(19-24-50(43)56)36-20-25-52-44(30-36)41-14-6-9-17-51(41)57-52/h1-32H. The van der Waals surface area contributed by atoms with Crippen LogP contribution in [0.5, 0.6) is 0 Å². The van der Waals surface area contributed by atoms with Crippen LogP contribution in [0, 0.1) is 0 Å². The number of rotatable bonds is 4. The van der Waals surface area contributed by atoms with Crippen molar-refractivity contribution in [1.82, 2.24) is 9.13 Å². The van der Waals surface area contributed by atoms with Crippen molar-refractivity contribution in [3.63, 3.8) is 0 Å². The predicted molar refractivity (Wildman–Crippen MR) is 241 cm³/mol. The Morgan fingerprint density at radius 3 is 1.22 bits per heavy atom. The minimum absolute atomic E-state index is 0.871. The van der Waals surface area contributed by atoms with Gasteiger partial charge in [0.2, 0.25) is 0 Å². The number of hydrogen-bond acceptors (Lipinski definition) is 2. The molecule has 0 bridgehead atoms. The summed E-state index contributed by atoms with van der Waals surface area (Å²) in [5, 5.41) is 9.35. The number of aromatic nitrogens is 2. The molecule has 0 saturated heterocycles. The van der Waals surface area contributed by atoms with Crippen LogP contribution in [0.2, 0.25) is 0 Å². The first-order chi connectivity index (χ1) is 28.7. The Labute approximate surface area is 332 Å². The second-order valence-corrected chi connectivity index (χ2v) is 15.3. The van der Waals surface area contributed by atoms with Gasteiger partial charge in [-0.3, -0.25) is 0 Å². The van der Waals surface area contributed by atoms with E-state index in [2.05, 4.69) is 191 Å². The molecule has 0 unspecified atom stereocenters. The van der Waals surface area contributed by atoms with Crippen LogP contribution in [-0.2, 0) is 0 Å². The SMILES string of the molecule is c1ccc(-c2ccc3c(c2)c2ccccc2n3-c2ccc3oc4ccc(-n5c6ccccc6c6cc(-c7ccc8oc9ccccc9c8c7)ccc65)cc4c3c2)cc1. The highest BCUT2D eigenvalue weighted by Gasteiger charge is 2.18. The van der Waals surface area contributed by atoms with Gasteiger partial charge in [0.05, 0.1) is 22.1 Å². The van der Waals surface area contributed by atoms with Gasteiger partial charge in [-0.1, -0.05) is 103 Å². The smallest absolute Gasteiger partial charge is 0.135 e. The lowest BCUT2D eigenvalue weighted by molar-refractivity contribution is 0.668. The minimum atomic E-state index is 0.871. The first kappa shape index (κ1) is 31.4. The van der Waals surface area contributed by atoms with E-state index in [0.717, 1.165) is 60.8 Å². The fourth-order valence-electron chi connectivity index (χ4n) is 9.43. The lowest BCUT2D eigenvalue weighted by Crippen LogP contribution is -1.94. The molecule has 0 aliphatic rings. The third-order valence-corrected chi connectivity index (χ3v) is 12.1. The number of nitrogens with zero attached hydrogens (tertiary/aromatic N) is 2. The first-order valence-corrected chi connectivity index (χ1v) is 19.7. The fraction of sp³-hybridized carbons (Fsp3) is 0. The van der Waals surface area contributed by atoms with E-state index in [4.69, 9.17) is 8.83 Å². The van der Waals surface area contributed by atoms with Gasteiger partial charge >= 0.3 is 0 Å². The highest BCUT2D eigenvalue weighted by molar-refractivity contribution is 6.14. The fourth-order valence-corrected chi connectivity index (χ4v) is 9.43. The number of furan rings is 2. The normalized spacial score (nSPS) is 12.1. The van der Waals surface area contributed by atoms with Crippen LogP contribution < -0.4 is 0 Å². The molecule has 0 radical (unpaired) electrons. The molecule has 58 heavy (non-hydrogen) atoms. The molecule has 0 atom stereocenters. The largest absolute Gasteiger partial charge is 0.456 e. The zero-order valence-corrected chi connectivity index (χ0v) is 31.2. The van der Waals surface area contributed by atoms with Gasteiger partial charge in [0.15, 0.2) is 0 Å². The van der Waals surface area contributed by atoms with E-state index in [0.29, 0.717) is 0 Å². The van der Waals surface area contributed by atoms with Crippen molar-refractivity contribution in [3.05, 3.63) is 194 Å². The van der Waals surface area contributed by atoms with Crippen molar-refractivity contribution in [2.45, 2.75) is 0 Å². The van der Waals surface area contributed by atoms with Gasteiger partial charge < -0.3 is 18.0 Å². The lowest BCUT2D eigenvalue weighted by Gasteiger charge is -2.10. The summed E-state index contributed by atoms with van der Waals surface area (Å²) in [5.41, 5.74) is 15.2. The van der Waals surface area contributed by atoms with E-state index < -0.39 is 0 Å². The van der Waals surface area contributed by atoms with Gasteiger partial charge in [0, 0.05) is 54.5 Å². The van der Waals surface area contributed by atoms with Crippen molar-refractivity contribution in [2.24, 2.45) is 0 Å². The van der Waals surface area contributed by atoms with Gasteiger partial charge in [0.25, 0.3) is 0 Å².